The van der Waals surface area contributed by atoms with E-state index >= 15 is 0 Å². The molecule has 3 rings (SSSR count). The van der Waals surface area contributed by atoms with Gasteiger partial charge in [0.25, 0.3) is 0 Å². The van der Waals surface area contributed by atoms with Gasteiger partial charge in [-0.1, -0.05) is 49.4 Å². The average Bonchev–Trinajstić information content (AvgIpc) is 2.83. The molecule has 1 aliphatic heterocycles. The van der Waals surface area contributed by atoms with Crippen LogP contribution in [0.4, 0.5) is 10.5 Å². The van der Waals surface area contributed by atoms with E-state index in [2.05, 4.69) is 10.6 Å². The van der Waals surface area contributed by atoms with Gasteiger partial charge in [-0.05, 0) is 78.6 Å². The summed E-state index contributed by atoms with van der Waals surface area (Å²) >= 11 is 0. The van der Waals surface area contributed by atoms with Crippen LogP contribution in [0.2, 0.25) is 0 Å². The number of anilines is 1. The fourth-order valence-corrected chi connectivity index (χ4v) is 4.01. The van der Waals surface area contributed by atoms with Crippen LogP contribution in [-0.2, 0) is 30.2 Å². The van der Waals surface area contributed by atoms with E-state index < -0.39 is 23.0 Å². The minimum atomic E-state index is -0.569. The molecule has 0 spiro atoms. The number of benzene rings is 2. The van der Waals surface area contributed by atoms with Crippen molar-refractivity contribution in [3.05, 3.63) is 65.7 Å². The fourth-order valence-electron chi connectivity index (χ4n) is 4.01. The summed E-state index contributed by atoms with van der Waals surface area (Å²) in [6, 6.07) is 16.8. The average molecular weight is 555 g/mol. The highest BCUT2D eigenvalue weighted by molar-refractivity contribution is 5.85. The normalized spacial score (nSPS) is 18.5. The first kappa shape index (κ1) is 33.0. The van der Waals surface area contributed by atoms with Crippen LogP contribution in [0.5, 0.6) is 0 Å². The van der Waals surface area contributed by atoms with E-state index in [1.165, 1.54) is 0 Å². The Kier molecular flexibility index (Phi) is 11.5. The summed E-state index contributed by atoms with van der Waals surface area (Å²) < 4.78 is 16.7. The molecule has 0 aromatic heterocycles. The van der Waals surface area contributed by atoms with Gasteiger partial charge in [-0.3, -0.25) is 20.2 Å². The van der Waals surface area contributed by atoms with Crippen molar-refractivity contribution in [2.75, 3.05) is 5.32 Å². The molecule has 0 radical (unpaired) electrons. The topological polar surface area (TPSA) is 103 Å². The maximum Gasteiger partial charge on any atom is 0.412 e. The largest absolute Gasteiger partial charge is 0.459 e. The Morgan fingerprint density at radius 2 is 1.50 bits per heavy atom. The van der Waals surface area contributed by atoms with Crippen molar-refractivity contribution in [1.29, 1.82) is 0 Å². The highest BCUT2D eigenvalue weighted by Crippen LogP contribution is 2.32. The summed E-state index contributed by atoms with van der Waals surface area (Å²) in [4.78, 5) is 35.2. The lowest BCUT2D eigenvalue weighted by molar-refractivity contribution is -0.177. The van der Waals surface area contributed by atoms with Crippen molar-refractivity contribution in [1.82, 2.24) is 5.32 Å². The van der Waals surface area contributed by atoms with Gasteiger partial charge in [0.1, 0.15) is 28.8 Å². The predicted molar refractivity (Wildman–Crippen MR) is 157 cm³/mol. The van der Waals surface area contributed by atoms with E-state index in [1.54, 1.807) is 12.1 Å². The molecule has 1 aliphatic rings. The SMILES string of the molecule is CC(C)(C)OC(=O)C1CC(c2ccccc2)OC(C)(C)N1.CCC(=O)Cc1ccc(NC(=O)OC(C)(C)C)cc1. The Bertz CT molecular complexity index is 1110. The van der Waals surface area contributed by atoms with Crippen LogP contribution in [0.15, 0.2) is 54.6 Å². The minimum absolute atomic E-state index is 0.111. The highest BCUT2D eigenvalue weighted by Gasteiger charge is 2.39. The number of carbonyl (C=O) groups excluding carboxylic acids is 3. The molecule has 1 heterocycles. The molecule has 0 saturated carbocycles. The van der Waals surface area contributed by atoms with Crippen molar-refractivity contribution in [2.24, 2.45) is 0 Å². The second kappa shape index (κ2) is 13.9. The summed E-state index contributed by atoms with van der Waals surface area (Å²) in [6.07, 6.45) is 0.952. The number of rotatable bonds is 6. The van der Waals surface area contributed by atoms with E-state index in [4.69, 9.17) is 14.2 Å². The first-order chi connectivity index (χ1) is 18.5. The molecule has 1 saturated heterocycles. The first-order valence-corrected chi connectivity index (χ1v) is 13.8. The molecule has 1 amide bonds. The van der Waals surface area contributed by atoms with Gasteiger partial charge in [-0.25, -0.2) is 4.79 Å². The zero-order chi connectivity index (χ0) is 30.1. The molecule has 0 bridgehead atoms. The van der Waals surface area contributed by atoms with Crippen LogP contribution in [0, 0.1) is 0 Å². The molecule has 40 heavy (non-hydrogen) atoms. The molecule has 220 valence electrons. The Balaban J connectivity index is 0.000000282. The second-order valence-corrected chi connectivity index (χ2v) is 12.4. The van der Waals surface area contributed by atoms with Gasteiger partial charge in [0.15, 0.2) is 0 Å². The molecule has 1 fully saturated rings. The summed E-state index contributed by atoms with van der Waals surface area (Å²) in [6.45, 7) is 16.8. The Morgan fingerprint density at radius 3 is 2.02 bits per heavy atom. The van der Waals surface area contributed by atoms with Gasteiger partial charge >= 0.3 is 12.1 Å². The van der Waals surface area contributed by atoms with Gasteiger partial charge in [-0.2, -0.15) is 0 Å². The molecule has 2 N–H and O–H groups in total. The molecular formula is C32H46N2O6. The smallest absolute Gasteiger partial charge is 0.412 e. The number of carbonyl (C=O) groups is 3. The van der Waals surface area contributed by atoms with Crippen LogP contribution < -0.4 is 10.6 Å². The zero-order valence-electron chi connectivity index (χ0n) is 25.4. The molecule has 2 aromatic carbocycles. The maximum atomic E-state index is 12.3. The third kappa shape index (κ3) is 12.3. The van der Waals surface area contributed by atoms with Crippen LogP contribution in [-0.4, -0.2) is 40.8 Å². The van der Waals surface area contributed by atoms with Crippen molar-refractivity contribution in [2.45, 2.75) is 111 Å². The lowest BCUT2D eigenvalue weighted by Gasteiger charge is -2.41. The monoisotopic (exact) mass is 554 g/mol. The number of ether oxygens (including phenoxy) is 3. The van der Waals surface area contributed by atoms with Crippen LogP contribution >= 0.6 is 0 Å². The number of Topliss-reactive ketones (excluding diaryl/α,β-unsaturated/α-hetero) is 1. The van der Waals surface area contributed by atoms with Gasteiger partial charge in [0.05, 0.1) is 6.10 Å². The standard InChI is InChI=1S/C17H25NO3.C15H21NO3/c1-16(2,3)21-15(19)13-11-14(20-17(4,5)18-13)12-9-7-6-8-10-12;1-5-13(17)10-11-6-8-12(9-7-11)16-14(18)19-15(2,3)4/h6-10,13-14,18H,11H2,1-5H3;6-9H,5,10H2,1-4H3,(H,16,18). The Morgan fingerprint density at radius 1 is 0.925 bits per heavy atom. The Labute approximate surface area is 239 Å². The lowest BCUT2D eigenvalue weighted by Crippen LogP contribution is -2.57. The van der Waals surface area contributed by atoms with Gasteiger partial charge in [-0.15, -0.1) is 0 Å². The van der Waals surface area contributed by atoms with E-state index in [0.717, 1.165) is 11.1 Å². The van der Waals surface area contributed by atoms with E-state index in [9.17, 15) is 14.4 Å². The van der Waals surface area contributed by atoms with Crippen molar-refractivity contribution < 1.29 is 28.6 Å². The highest BCUT2D eigenvalue weighted by atomic mass is 16.6. The van der Waals surface area contributed by atoms with Gasteiger partial charge in [0.2, 0.25) is 0 Å². The lowest BCUT2D eigenvalue weighted by atomic mass is 9.97. The minimum Gasteiger partial charge on any atom is -0.459 e. The number of nitrogens with one attached hydrogen (secondary N) is 2. The zero-order valence-corrected chi connectivity index (χ0v) is 25.4. The number of ketones is 1. The molecule has 8 heteroatoms. The Hall–Kier alpha value is -3.23. The van der Waals surface area contributed by atoms with E-state index in [1.807, 2.05) is 105 Å². The first-order valence-electron chi connectivity index (χ1n) is 13.8. The van der Waals surface area contributed by atoms with Crippen molar-refractivity contribution in [3.8, 4) is 0 Å². The van der Waals surface area contributed by atoms with Gasteiger partial charge in [0, 0.05) is 24.9 Å². The number of amides is 1. The van der Waals surface area contributed by atoms with Crippen molar-refractivity contribution in [3.63, 3.8) is 0 Å². The molecule has 2 unspecified atom stereocenters. The third-order valence-corrected chi connectivity index (χ3v) is 5.67. The molecular weight excluding hydrogens is 508 g/mol. The van der Waals surface area contributed by atoms with E-state index in [-0.39, 0.29) is 23.9 Å². The predicted octanol–water partition coefficient (Wildman–Crippen LogP) is 6.74. The maximum absolute atomic E-state index is 12.3. The molecule has 0 aliphatic carbocycles. The van der Waals surface area contributed by atoms with Crippen LogP contribution in [0.25, 0.3) is 0 Å². The number of esters is 1. The summed E-state index contributed by atoms with van der Waals surface area (Å²) in [5, 5.41) is 5.86. The van der Waals surface area contributed by atoms with Crippen LogP contribution in [0.3, 0.4) is 0 Å². The summed E-state index contributed by atoms with van der Waals surface area (Å²) in [7, 11) is 0. The van der Waals surface area contributed by atoms with Crippen molar-refractivity contribution >= 4 is 23.5 Å². The molecule has 8 nitrogen and oxygen atoms in total. The summed E-state index contributed by atoms with van der Waals surface area (Å²) in [5.41, 5.74) is 1.12. The summed E-state index contributed by atoms with van der Waals surface area (Å²) in [5.74, 6) is -0.0207. The van der Waals surface area contributed by atoms with E-state index in [0.29, 0.717) is 24.9 Å². The number of hydrogen-bond acceptors (Lipinski definition) is 7. The third-order valence-electron chi connectivity index (χ3n) is 5.67. The molecule has 2 aromatic rings. The second-order valence-electron chi connectivity index (χ2n) is 12.4. The number of hydrogen-bond donors (Lipinski definition) is 2. The van der Waals surface area contributed by atoms with Gasteiger partial charge < -0.3 is 14.2 Å². The molecule has 2 atom stereocenters. The van der Waals surface area contributed by atoms with Crippen LogP contribution in [0.1, 0.15) is 92.4 Å². The quantitative estimate of drug-likeness (QED) is 0.381. The fraction of sp³-hybridized carbons (Fsp3) is 0.531.